The minimum absolute atomic E-state index is 0.0626. The number of carbonyl (C=O) groups is 3. The van der Waals surface area contributed by atoms with Crippen LogP contribution in [0.3, 0.4) is 0 Å². The van der Waals surface area contributed by atoms with E-state index in [-0.39, 0.29) is 31.1 Å². The molecule has 0 aromatic carbocycles. The van der Waals surface area contributed by atoms with Gasteiger partial charge in [-0.15, -0.1) is 0 Å². The first kappa shape index (κ1) is 61.4. The van der Waals surface area contributed by atoms with Crippen molar-refractivity contribution < 1.29 is 28.6 Å². The molecule has 0 heterocycles. The maximum absolute atomic E-state index is 12.8. The minimum atomic E-state index is -0.762. The van der Waals surface area contributed by atoms with Gasteiger partial charge in [-0.1, -0.05) is 285 Å². The first-order valence-corrected chi connectivity index (χ1v) is 28.4. The summed E-state index contributed by atoms with van der Waals surface area (Å²) in [5, 5.41) is 0. The average Bonchev–Trinajstić information content (AvgIpc) is 3.28. The summed E-state index contributed by atoms with van der Waals surface area (Å²) in [7, 11) is 0. The van der Waals surface area contributed by atoms with Gasteiger partial charge in [-0.05, 0) is 25.2 Å². The van der Waals surface area contributed by atoms with Crippen LogP contribution in [0.1, 0.15) is 323 Å². The fraction of sp³-hybridized carbons (Fsp3) is 0.947. The molecule has 0 radical (unpaired) electrons. The van der Waals surface area contributed by atoms with Gasteiger partial charge >= 0.3 is 17.9 Å². The van der Waals surface area contributed by atoms with Crippen LogP contribution in [0.2, 0.25) is 0 Å². The van der Waals surface area contributed by atoms with Gasteiger partial charge in [0.1, 0.15) is 13.2 Å². The molecule has 0 aliphatic rings. The third-order valence-corrected chi connectivity index (χ3v) is 13.4. The Balaban J connectivity index is 4.27. The van der Waals surface area contributed by atoms with Gasteiger partial charge in [0.05, 0.1) is 0 Å². The second-order valence-electron chi connectivity index (χ2n) is 19.8. The largest absolute Gasteiger partial charge is 0.462 e. The topological polar surface area (TPSA) is 78.9 Å². The first-order chi connectivity index (χ1) is 30.9. The van der Waals surface area contributed by atoms with E-state index in [1.165, 1.54) is 218 Å². The lowest BCUT2D eigenvalue weighted by atomic mass is 9.99. The van der Waals surface area contributed by atoms with Crippen molar-refractivity contribution in [1.29, 1.82) is 0 Å². The van der Waals surface area contributed by atoms with Gasteiger partial charge in [0, 0.05) is 19.3 Å². The average molecular weight is 892 g/mol. The Morgan fingerprint density at radius 1 is 0.317 bits per heavy atom. The number of hydrogen-bond acceptors (Lipinski definition) is 6. The van der Waals surface area contributed by atoms with Crippen molar-refractivity contribution in [3.05, 3.63) is 0 Å². The fourth-order valence-corrected chi connectivity index (χ4v) is 8.72. The van der Waals surface area contributed by atoms with Crippen molar-refractivity contribution in [1.82, 2.24) is 0 Å². The summed E-state index contributed by atoms with van der Waals surface area (Å²) in [4.78, 5) is 38.1. The molecule has 2 atom stereocenters. The quantitative estimate of drug-likeness (QED) is 0.0344. The Morgan fingerprint density at radius 2 is 0.556 bits per heavy atom. The van der Waals surface area contributed by atoms with Gasteiger partial charge < -0.3 is 14.2 Å². The van der Waals surface area contributed by atoms with Crippen molar-refractivity contribution in [2.45, 2.75) is 329 Å². The molecule has 6 nitrogen and oxygen atoms in total. The van der Waals surface area contributed by atoms with Crippen molar-refractivity contribution in [3.8, 4) is 0 Å². The SMILES string of the molecule is CCCCCCCCCCCCCCCCCCCC(=O)OC[C@@H](COC(=O)CCCCCCCCCCCCCCCCCC)OC(=O)CCCCCCCCCCC(C)CC. The number of unbranched alkanes of at least 4 members (excludes halogenated alkanes) is 38. The van der Waals surface area contributed by atoms with Crippen LogP contribution in [-0.4, -0.2) is 37.2 Å². The zero-order chi connectivity index (χ0) is 45.9. The van der Waals surface area contributed by atoms with E-state index < -0.39 is 6.10 Å². The van der Waals surface area contributed by atoms with Crippen molar-refractivity contribution in [2.75, 3.05) is 13.2 Å². The van der Waals surface area contributed by atoms with E-state index in [1.54, 1.807) is 0 Å². The minimum Gasteiger partial charge on any atom is -0.462 e. The van der Waals surface area contributed by atoms with Crippen molar-refractivity contribution >= 4 is 17.9 Å². The van der Waals surface area contributed by atoms with Gasteiger partial charge in [-0.2, -0.15) is 0 Å². The van der Waals surface area contributed by atoms with E-state index in [0.29, 0.717) is 19.3 Å². The van der Waals surface area contributed by atoms with Gasteiger partial charge in [-0.3, -0.25) is 14.4 Å². The van der Waals surface area contributed by atoms with Gasteiger partial charge in [0.15, 0.2) is 6.10 Å². The lowest BCUT2D eigenvalue weighted by Crippen LogP contribution is -2.30. The van der Waals surface area contributed by atoms with Crippen LogP contribution in [-0.2, 0) is 28.6 Å². The lowest BCUT2D eigenvalue weighted by Gasteiger charge is -2.18. The number of esters is 3. The maximum Gasteiger partial charge on any atom is 0.306 e. The molecule has 0 aromatic rings. The predicted molar refractivity (Wildman–Crippen MR) is 270 cm³/mol. The number of ether oxygens (including phenoxy) is 3. The van der Waals surface area contributed by atoms with Gasteiger partial charge in [-0.25, -0.2) is 0 Å². The Morgan fingerprint density at radius 3 is 0.825 bits per heavy atom. The van der Waals surface area contributed by atoms with Gasteiger partial charge in [0.2, 0.25) is 0 Å². The highest BCUT2D eigenvalue weighted by Gasteiger charge is 2.19. The van der Waals surface area contributed by atoms with E-state index in [1.807, 2.05) is 0 Å². The summed E-state index contributed by atoms with van der Waals surface area (Å²) >= 11 is 0. The third kappa shape index (κ3) is 49.7. The molecule has 0 amide bonds. The van der Waals surface area contributed by atoms with Crippen LogP contribution in [0.15, 0.2) is 0 Å². The Bertz CT molecular complexity index is 951. The molecule has 1 unspecified atom stereocenters. The van der Waals surface area contributed by atoms with E-state index in [2.05, 4.69) is 27.7 Å². The summed E-state index contributed by atoms with van der Waals surface area (Å²) in [5.74, 6) is 0.00558. The standard InChI is InChI=1S/C57H110O6/c1-5-8-10-12-14-16-18-20-22-24-26-28-30-32-37-41-45-49-56(59)62-52-54(63-57(60)50-46-42-38-34-33-35-39-43-47-53(4)7-3)51-61-55(58)48-44-40-36-31-29-27-25-23-21-19-17-15-13-11-9-6-2/h53-54H,5-52H2,1-4H3/t53?,54-/m1/s1. The molecule has 0 aliphatic heterocycles. The predicted octanol–water partition coefficient (Wildman–Crippen LogP) is 18.6. The molecule has 63 heavy (non-hydrogen) atoms. The number of carbonyl (C=O) groups excluding carboxylic acids is 3. The highest BCUT2D eigenvalue weighted by molar-refractivity contribution is 5.71. The molecule has 0 bridgehead atoms. The molecule has 0 N–H and O–H groups in total. The second kappa shape index (κ2) is 51.4. The molecule has 0 aromatic heterocycles. The van der Waals surface area contributed by atoms with Crippen molar-refractivity contribution in [3.63, 3.8) is 0 Å². The van der Waals surface area contributed by atoms with E-state index in [9.17, 15) is 14.4 Å². The summed E-state index contributed by atoms with van der Waals surface area (Å²) in [6.45, 7) is 9.06. The molecule has 0 saturated heterocycles. The zero-order valence-corrected chi connectivity index (χ0v) is 43.0. The summed E-state index contributed by atoms with van der Waals surface area (Å²) in [5.41, 5.74) is 0. The highest BCUT2D eigenvalue weighted by Crippen LogP contribution is 2.18. The highest BCUT2D eigenvalue weighted by atomic mass is 16.6. The van der Waals surface area contributed by atoms with Crippen LogP contribution in [0, 0.1) is 5.92 Å². The van der Waals surface area contributed by atoms with Crippen LogP contribution >= 0.6 is 0 Å². The number of rotatable bonds is 52. The maximum atomic E-state index is 12.8. The third-order valence-electron chi connectivity index (χ3n) is 13.4. The Hall–Kier alpha value is -1.59. The monoisotopic (exact) mass is 891 g/mol. The molecule has 0 rings (SSSR count). The smallest absolute Gasteiger partial charge is 0.306 e. The van der Waals surface area contributed by atoms with Crippen LogP contribution in [0.4, 0.5) is 0 Å². The zero-order valence-electron chi connectivity index (χ0n) is 43.0. The van der Waals surface area contributed by atoms with Crippen LogP contribution < -0.4 is 0 Å². The molecule has 0 fully saturated rings. The summed E-state index contributed by atoms with van der Waals surface area (Å²) in [6, 6.07) is 0. The lowest BCUT2D eigenvalue weighted by molar-refractivity contribution is -0.167. The molecule has 0 spiro atoms. The van der Waals surface area contributed by atoms with Gasteiger partial charge in [0.25, 0.3) is 0 Å². The van der Waals surface area contributed by atoms with E-state index in [4.69, 9.17) is 14.2 Å². The van der Waals surface area contributed by atoms with Crippen LogP contribution in [0.25, 0.3) is 0 Å². The fourth-order valence-electron chi connectivity index (χ4n) is 8.72. The second-order valence-corrected chi connectivity index (χ2v) is 19.8. The van der Waals surface area contributed by atoms with Crippen molar-refractivity contribution in [2.24, 2.45) is 5.92 Å². The first-order valence-electron chi connectivity index (χ1n) is 28.4. The normalized spacial score (nSPS) is 12.4. The summed E-state index contributed by atoms with van der Waals surface area (Å²) < 4.78 is 16.9. The molecule has 0 aliphatic carbocycles. The molecule has 374 valence electrons. The molecule has 0 saturated carbocycles. The molecular formula is C57H110O6. The molecule has 6 heteroatoms. The van der Waals surface area contributed by atoms with E-state index >= 15 is 0 Å². The Kier molecular flexibility index (Phi) is 50.1. The van der Waals surface area contributed by atoms with E-state index in [0.717, 1.165) is 63.7 Å². The summed E-state index contributed by atoms with van der Waals surface area (Å²) in [6.07, 6.45) is 55.2. The van der Waals surface area contributed by atoms with Crippen LogP contribution in [0.5, 0.6) is 0 Å². The Labute approximate surface area is 393 Å². The molecular weight excluding hydrogens is 781 g/mol. The number of hydrogen-bond donors (Lipinski definition) is 0.